The van der Waals surface area contributed by atoms with E-state index in [2.05, 4.69) is 15.8 Å². The predicted octanol–water partition coefficient (Wildman–Crippen LogP) is 3.19. The number of hydrogen-bond acceptors (Lipinski definition) is 4. The summed E-state index contributed by atoms with van der Waals surface area (Å²) in [6.45, 7) is 3.58. The Morgan fingerprint density at radius 2 is 2.19 bits per heavy atom. The van der Waals surface area contributed by atoms with Crippen LogP contribution in [0.15, 0.2) is 45.9 Å². The highest BCUT2D eigenvalue weighted by Crippen LogP contribution is 2.15. The molecule has 1 aromatic heterocycles. The lowest BCUT2D eigenvalue weighted by Gasteiger charge is -2.13. The van der Waals surface area contributed by atoms with E-state index in [1.165, 1.54) is 6.21 Å². The zero-order chi connectivity index (χ0) is 15.2. The first-order valence-corrected chi connectivity index (χ1v) is 6.84. The van der Waals surface area contributed by atoms with E-state index in [1.807, 2.05) is 25.1 Å². The zero-order valence-electron chi connectivity index (χ0n) is 11.8. The Kier molecular flexibility index (Phi) is 5.00. The fraction of sp³-hybridized carbons (Fsp3) is 0.200. The van der Waals surface area contributed by atoms with E-state index < -0.39 is 6.04 Å². The number of hydrogen-bond donors (Lipinski definition) is 2. The maximum atomic E-state index is 11.9. The number of benzene rings is 1. The number of aryl methyl sites for hydroxylation is 1. The van der Waals surface area contributed by atoms with Crippen LogP contribution in [-0.4, -0.2) is 18.2 Å². The van der Waals surface area contributed by atoms with Crippen molar-refractivity contribution in [2.75, 3.05) is 5.32 Å². The standard InChI is InChI=1S/C15H16ClN3O2/c1-10-6-7-14(21-10)9-17-19-15(20)11(2)18-13-5-3-4-12(16)8-13/h3-9,11,18H,1-2H3,(H,19,20)/b17-9+. The maximum absolute atomic E-state index is 11.9. The number of hydrazone groups is 1. The average molecular weight is 306 g/mol. The van der Waals surface area contributed by atoms with Gasteiger partial charge in [-0.2, -0.15) is 5.10 Å². The number of anilines is 1. The SMILES string of the molecule is Cc1ccc(/C=N/NC(=O)C(C)Nc2cccc(Cl)c2)o1. The van der Waals surface area contributed by atoms with Crippen molar-refractivity contribution in [1.82, 2.24) is 5.43 Å². The molecule has 1 heterocycles. The van der Waals surface area contributed by atoms with Crippen molar-refractivity contribution in [1.29, 1.82) is 0 Å². The number of furan rings is 1. The summed E-state index contributed by atoms with van der Waals surface area (Å²) in [6, 6.07) is 10.3. The van der Waals surface area contributed by atoms with Gasteiger partial charge in [0.1, 0.15) is 17.6 Å². The molecule has 0 aliphatic carbocycles. The van der Waals surface area contributed by atoms with Gasteiger partial charge in [0, 0.05) is 10.7 Å². The summed E-state index contributed by atoms with van der Waals surface area (Å²) in [7, 11) is 0. The molecule has 0 fully saturated rings. The molecule has 1 amide bonds. The Balaban J connectivity index is 1.86. The summed E-state index contributed by atoms with van der Waals surface area (Å²) in [6.07, 6.45) is 1.46. The molecule has 2 aromatic rings. The van der Waals surface area contributed by atoms with Gasteiger partial charge in [-0.25, -0.2) is 5.43 Å². The second-order valence-corrected chi connectivity index (χ2v) is 5.00. The molecule has 2 rings (SSSR count). The lowest BCUT2D eigenvalue weighted by atomic mass is 10.2. The number of nitrogens with zero attached hydrogens (tertiary/aromatic N) is 1. The number of halogens is 1. The lowest BCUT2D eigenvalue weighted by Crippen LogP contribution is -2.34. The predicted molar refractivity (Wildman–Crippen MR) is 83.7 cm³/mol. The van der Waals surface area contributed by atoms with Crippen LogP contribution in [-0.2, 0) is 4.79 Å². The van der Waals surface area contributed by atoms with E-state index in [0.29, 0.717) is 10.8 Å². The topological polar surface area (TPSA) is 66.6 Å². The molecule has 0 radical (unpaired) electrons. The summed E-state index contributed by atoms with van der Waals surface area (Å²) in [5.74, 6) is 1.12. The molecule has 1 unspecified atom stereocenters. The molecule has 1 aromatic carbocycles. The van der Waals surface area contributed by atoms with E-state index in [-0.39, 0.29) is 5.91 Å². The van der Waals surface area contributed by atoms with Crippen molar-refractivity contribution in [2.45, 2.75) is 19.9 Å². The van der Waals surface area contributed by atoms with Crippen molar-refractivity contribution in [3.05, 3.63) is 52.9 Å². The number of nitrogens with one attached hydrogen (secondary N) is 2. The summed E-state index contributed by atoms with van der Waals surface area (Å²) in [5, 5.41) is 7.50. The van der Waals surface area contributed by atoms with Crippen LogP contribution in [0, 0.1) is 6.92 Å². The Bertz CT molecular complexity index is 652. The van der Waals surface area contributed by atoms with Gasteiger partial charge in [-0.05, 0) is 44.2 Å². The molecule has 21 heavy (non-hydrogen) atoms. The van der Waals surface area contributed by atoms with Gasteiger partial charge in [0.05, 0.1) is 6.21 Å². The third-order valence-corrected chi connectivity index (χ3v) is 2.96. The third kappa shape index (κ3) is 4.65. The largest absolute Gasteiger partial charge is 0.460 e. The molecule has 1 atom stereocenters. The minimum absolute atomic E-state index is 0.255. The molecule has 0 bridgehead atoms. The fourth-order valence-electron chi connectivity index (χ4n) is 1.67. The second-order valence-electron chi connectivity index (χ2n) is 4.56. The Hall–Kier alpha value is -2.27. The van der Waals surface area contributed by atoms with Gasteiger partial charge in [0.15, 0.2) is 0 Å². The zero-order valence-corrected chi connectivity index (χ0v) is 12.5. The van der Waals surface area contributed by atoms with Crippen LogP contribution >= 0.6 is 11.6 Å². The monoisotopic (exact) mass is 305 g/mol. The van der Waals surface area contributed by atoms with E-state index in [4.69, 9.17) is 16.0 Å². The van der Waals surface area contributed by atoms with Gasteiger partial charge in [-0.1, -0.05) is 17.7 Å². The molecule has 2 N–H and O–H groups in total. The lowest BCUT2D eigenvalue weighted by molar-refractivity contribution is -0.121. The Labute approximate surface area is 128 Å². The van der Waals surface area contributed by atoms with Crippen molar-refractivity contribution in [2.24, 2.45) is 5.10 Å². The van der Waals surface area contributed by atoms with Crippen molar-refractivity contribution >= 4 is 29.4 Å². The second kappa shape index (κ2) is 6.95. The molecule has 0 aliphatic rings. The number of amides is 1. The van der Waals surface area contributed by atoms with Crippen molar-refractivity contribution < 1.29 is 9.21 Å². The maximum Gasteiger partial charge on any atom is 0.262 e. The molecular formula is C15H16ClN3O2. The molecule has 0 spiro atoms. The van der Waals surface area contributed by atoms with Crippen LogP contribution in [0.4, 0.5) is 5.69 Å². The Morgan fingerprint density at radius 3 is 2.86 bits per heavy atom. The van der Waals surface area contributed by atoms with Crippen LogP contribution in [0.2, 0.25) is 5.02 Å². The van der Waals surface area contributed by atoms with Crippen LogP contribution in [0.25, 0.3) is 0 Å². The highest BCUT2D eigenvalue weighted by Gasteiger charge is 2.11. The molecule has 5 nitrogen and oxygen atoms in total. The van der Waals surface area contributed by atoms with Gasteiger partial charge in [-0.3, -0.25) is 4.79 Å². The first-order valence-electron chi connectivity index (χ1n) is 6.46. The third-order valence-electron chi connectivity index (χ3n) is 2.73. The van der Waals surface area contributed by atoms with Crippen molar-refractivity contribution in [3.8, 4) is 0 Å². The molecule has 6 heteroatoms. The first-order chi connectivity index (χ1) is 10.0. The van der Waals surface area contributed by atoms with Crippen LogP contribution in [0.3, 0.4) is 0 Å². The number of rotatable bonds is 5. The van der Waals surface area contributed by atoms with E-state index in [1.54, 1.807) is 25.1 Å². The minimum atomic E-state index is -0.445. The fourth-order valence-corrected chi connectivity index (χ4v) is 1.86. The van der Waals surface area contributed by atoms with Crippen LogP contribution < -0.4 is 10.7 Å². The minimum Gasteiger partial charge on any atom is -0.460 e. The Morgan fingerprint density at radius 1 is 1.38 bits per heavy atom. The number of carbonyl (C=O) groups is 1. The van der Waals surface area contributed by atoms with Crippen LogP contribution in [0.1, 0.15) is 18.4 Å². The molecule has 0 saturated carbocycles. The molecule has 0 aliphatic heterocycles. The van der Waals surface area contributed by atoms with Gasteiger partial charge in [0.2, 0.25) is 0 Å². The summed E-state index contributed by atoms with van der Waals surface area (Å²) in [5.41, 5.74) is 3.22. The van der Waals surface area contributed by atoms with E-state index in [0.717, 1.165) is 11.4 Å². The average Bonchev–Trinajstić information content (AvgIpc) is 2.84. The highest BCUT2D eigenvalue weighted by atomic mass is 35.5. The van der Waals surface area contributed by atoms with E-state index in [9.17, 15) is 4.79 Å². The van der Waals surface area contributed by atoms with E-state index >= 15 is 0 Å². The summed E-state index contributed by atoms with van der Waals surface area (Å²) < 4.78 is 5.30. The molecule has 0 saturated heterocycles. The smallest absolute Gasteiger partial charge is 0.262 e. The van der Waals surface area contributed by atoms with Gasteiger partial charge < -0.3 is 9.73 Å². The number of carbonyl (C=O) groups excluding carboxylic acids is 1. The highest BCUT2D eigenvalue weighted by molar-refractivity contribution is 6.30. The molecule has 110 valence electrons. The van der Waals surface area contributed by atoms with Gasteiger partial charge in [-0.15, -0.1) is 0 Å². The summed E-state index contributed by atoms with van der Waals surface area (Å²) >= 11 is 5.89. The van der Waals surface area contributed by atoms with Crippen molar-refractivity contribution in [3.63, 3.8) is 0 Å². The molecular weight excluding hydrogens is 290 g/mol. The quantitative estimate of drug-likeness (QED) is 0.658. The van der Waals surface area contributed by atoms with Crippen LogP contribution in [0.5, 0.6) is 0 Å². The normalized spacial score (nSPS) is 12.3. The first kappa shape index (κ1) is 15.1. The van der Waals surface area contributed by atoms with Gasteiger partial charge in [0.25, 0.3) is 5.91 Å². The summed E-state index contributed by atoms with van der Waals surface area (Å²) in [4.78, 5) is 11.9. The van der Waals surface area contributed by atoms with Gasteiger partial charge >= 0.3 is 0 Å².